The fourth-order valence-electron chi connectivity index (χ4n) is 3.07. The molecule has 6 nitrogen and oxygen atoms in total. The van der Waals surface area contributed by atoms with Crippen molar-refractivity contribution in [1.82, 2.24) is 0 Å². The van der Waals surface area contributed by atoms with Crippen LogP contribution in [0, 0.1) is 12.7 Å². The lowest BCUT2D eigenvalue weighted by molar-refractivity contribution is 0.587. The number of fused-ring (bicyclic) bond motifs is 1. The zero-order valence-electron chi connectivity index (χ0n) is 15.1. The molecule has 1 heterocycles. The van der Waals surface area contributed by atoms with Crippen LogP contribution in [-0.2, 0) is 26.5 Å². The van der Waals surface area contributed by atoms with Crippen LogP contribution in [0.1, 0.15) is 24.5 Å². The van der Waals surface area contributed by atoms with Crippen LogP contribution in [0.2, 0.25) is 0 Å². The van der Waals surface area contributed by atoms with Crippen molar-refractivity contribution in [1.29, 1.82) is 0 Å². The Morgan fingerprint density at radius 3 is 2.52 bits per heavy atom. The van der Waals surface area contributed by atoms with E-state index in [1.807, 2.05) is 0 Å². The maximum absolute atomic E-state index is 13.4. The van der Waals surface area contributed by atoms with Crippen molar-refractivity contribution < 1.29 is 21.2 Å². The standard InChI is InChI=1S/C18H21FN2O4S2/c1-3-26(22,23)21-10-4-5-14-12-15(6-9-18(14)21)20-27(24,25)16-7-8-17(19)13(2)11-16/h6-9,11-12,20H,3-5,10H2,1-2H3. The molecule has 0 amide bonds. The summed E-state index contributed by atoms with van der Waals surface area (Å²) in [6.07, 6.45) is 1.33. The maximum atomic E-state index is 13.4. The van der Waals surface area contributed by atoms with Crippen LogP contribution in [0.5, 0.6) is 0 Å². The number of rotatable bonds is 5. The lowest BCUT2D eigenvalue weighted by Gasteiger charge is -2.30. The predicted octanol–water partition coefficient (Wildman–Crippen LogP) is 3.04. The summed E-state index contributed by atoms with van der Waals surface area (Å²) in [6.45, 7) is 3.51. The molecule has 3 rings (SSSR count). The van der Waals surface area contributed by atoms with Gasteiger partial charge in [-0.05, 0) is 74.2 Å². The third kappa shape index (κ3) is 3.93. The Labute approximate surface area is 159 Å². The van der Waals surface area contributed by atoms with Crippen molar-refractivity contribution in [2.75, 3.05) is 21.3 Å². The molecule has 0 aliphatic carbocycles. The van der Waals surface area contributed by atoms with Crippen molar-refractivity contribution in [3.8, 4) is 0 Å². The number of sulfonamides is 2. The molecule has 0 spiro atoms. The molecule has 9 heteroatoms. The molecule has 1 aliphatic heterocycles. The molecule has 0 unspecified atom stereocenters. The summed E-state index contributed by atoms with van der Waals surface area (Å²) in [5.41, 5.74) is 1.94. The highest BCUT2D eigenvalue weighted by atomic mass is 32.2. The molecule has 0 atom stereocenters. The van der Waals surface area contributed by atoms with Crippen LogP contribution in [0.4, 0.5) is 15.8 Å². The molecule has 0 saturated heterocycles. The Hall–Kier alpha value is -2.13. The number of hydrogen-bond acceptors (Lipinski definition) is 4. The molecular formula is C18H21FN2O4S2. The first-order valence-electron chi connectivity index (χ1n) is 8.56. The molecule has 146 valence electrons. The van der Waals surface area contributed by atoms with Crippen LogP contribution >= 0.6 is 0 Å². The van der Waals surface area contributed by atoms with Gasteiger partial charge in [-0.1, -0.05) is 0 Å². The van der Waals surface area contributed by atoms with Crippen molar-refractivity contribution >= 4 is 31.4 Å². The Morgan fingerprint density at radius 1 is 1.11 bits per heavy atom. The summed E-state index contributed by atoms with van der Waals surface area (Å²) < 4.78 is 66.9. The monoisotopic (exact) mass is 412 g/mol. The molecule has 1 aliphatic rings. The smallest absolute Gasteiger partial charge is 0.261 e. The van der Waals surface area contributed by atoms with Crippen LogP contribution < -0.4 is 9.03 Å². The third-order valence-corrected chi connectivity index (χ3v) is 7.71. The van der Waals surface area contributed by atoms with Gasteiger partial charge in [0.2, 0.25) is 10.0 Å². The minimum atomic E-state index is -3.87. The number of anilines is 2. The lowest BCUT2D eigenvalue weighted by atomic mass is 10.0. The van der Waals surface area contributed by atoms with Gasteiger partial charge in [-0.25, -0.2) is 21.2 Å². The number of nitrogens with one attached hydrogen (secondary N) is 1. The summed E-state index contributed by atoms with van der Waals surface area (Å²) in [5.74, 6) is -0.468. The molecule has 2 aromatic carbocycles. The number of benzene rings is 2. The lowest BCUT2D eigenvalue weighted by Crippen LogP contribution is -2.36. The van der Waals surface area contributed by atoms with Crippen LogP contribution in [0.25, 0.3) is 0 Å². The quantitative estimate of drug-likeness (QED) is 0.818. The van der Waals surface area contributed by atoms with Gasteiger partial charge in [0, 0.05) is 12.2 Å². The summed E-state index contributed by atoms with van der Waals surface area (Å²) in [5, 5.41) is 0. The Kier molecular flexibility index (Phi) is 5.18. The van der Waals surface area contributed by atoms with Crippen molar-refractivity contribution in [3.63, 3.8) is 0 Å². The highest BCUT2D eigenvalue weighted by molar-refractivity contribution is 7.93. The van der Waals surface area contributed by atoms with Crippen LogP contribution in [0.3, 0.4) is 0 Å². The van der Waals surface area contributed by atoms with Gasteiger partial charge in [-0.15, -0.1) is 0 Å². The van der Waals surface area contributed by atoms with Crippen molar-refractivity contribution in [2.24, 2.45) is 0 Å². The molecule has 0 bridgehead atoms. The predicted molar refractivity (Wildman–Crippen MR) is 104 cm³/mol. The van der Waals surface area contributed by atoms with E-state index < -0.39 is 25.9 Å². The Morgan fingerprint density at radius 2 is 1.85 bits per heavy atom. The van der Waals surface area contributed by atoms with E-state index in [-0.39, 0.29) is 16.2 Å². The fourth-order valence-corrected chi connectivity index (χ4v) is 5.40. The van der Waals surface area contributed by atoms with E-state index in [1.54, 1.807) is 19.1 Å². The largest absolute Gasteiger partial charge is 0.280 e. The summed E-state index contributed by atoms with van der Waals surface area (Å²) in [4.78, 5) is -0.0330. The highest BCUT2D eigenvalue weighted by Crippen LogP contribution is 2.32. The van der Waals surface area contributed by atoms with Gasteiger partial charge < -0.3 is 0 Å². The second-order valence-electron chi connectivity index (χ2n) is 6.44. The normalized spacial score (nSPS) is 14.7. The number of hydrogen-bond donors (Lipinski definition) is 1. The van der Waals surface area contributed by atoms with E-state index in [1.165, 1.54) is 29.4 Å². The molecule has 27 heavy (non-hydrogen) atoms. The summed E-state index contributed by atoms with van der Waals surface area (Å²) >= 11 is 0. The highest BCUT2D eigenvalue weighted by Gasteiger charge is 2.26. The Bertz CT molecular complexity index is 1080. The molecule has 0 radical (unpaired) electrons. The number of nitrogens with zero attached hydrogens (tertiary/aromatic N) is 1. The Balaban J connectivity index is 1.92. The number of halogens is 1. The van der Waals surface area contributed by atoms with E-state index in [0.29, 0.717) is 30.8 Å². The van der Waals surface area contributed by atoms with Gasteiger partial charge in [0.25, 0.3) is 10.0 Å². The first-order chi connectivity index (χ1) is 12.6. The molecular weight excluding hydrogens is 391 g/mol. The van der Waals surface area contributed by atoms with Crippen LogP contribution in [0.15, 0.2) is 41.3 Å². The average Bonchev–Trinajstić information content (AvgIpc) is 2.62. The van der Waals surface area contributed by atoms with Gasteiger partial charge in [0.05, 0.1) is 16.3 Å². The van der Waals surface area contributed by atoms with Crippen LogP contribution in [-0.4, -0.2) is 29.1 Å². The minimum absolute atomic E-state index is 0.00470. The SMILES string of the molecule is CCS(=O)(=O)N1CCCc2cc(NS(=O)(=O)c3ccc(F)c(C)c3)ccc21. The average molecular weight is 413 g/mol. The first-order valence-corrected chi connectivity index (χ1v) is 11.7. The van der Waals surface area contributed by atoms with E-state index in [9.17, 15) is 21.2 Å². The van der Waals surface area contributed by atoms with E-state index >= 15 is 0 Å². The van der Waals surface area contributed by atoms with Gasteiger partial charge in [-0.3, -0.25) is 9.03 Å². The van der Waals surface area contributed by atoms with Gasteiger partial charge in [0.1, 0.15) is 5.82 Å². The van der Waals surface area contributed by atoms with E-state index in [4.69, 9.17) is 0 Å². The van der Waals surface area contributed by atoms with Gasteiger partial charge >= 0.3 is 0 Å². The number of aryl methyl sites for hydroxylation is 2. The molecule has 1 N–H and O–H groups in total. The maximum Gasteiger partial charge on any atom is 0.261 e. The van der Waals surface area contributed by atoms with E-state index in [0.717, 1.165) is 11.6 Å². The second-order valence-corrected chi connectivity index (χ2v) is 10.3. The fraction of sp³-hybridized carbons (Fsp3) is 0.333. The van der Waals surface area contributed by atoms with E-state index in [2.05, 4.69) is 4.72 Å². The molecule has 2 aromatic rings. The first kappa shape index (κ1) is 19.6. The van der Waals surface area contributed by atoms with Crippen molar-refractivity contribution in [3.05, 3.63) is 53.3 Å². The molecule has 0 aromatic heterocycles. The third-order valence-electron chi connectivity index (χ3n) is 4.55. The molecule has 0 fully saturated rings. The summed E-state index contributed by atoms with van der Waals surface area (Å²) in [6, 6.07) is 8.40. The van der Waals surface area contributed by atoms with Crippen molar-refractivity contribution in [2.45, 2.75) is 31.6 Å². The molecule has 0 saturated carbocycles. The minimum Gasteiger partial charge on any atom is -0.280 e. The van der Waals surface area contributed by atoms with Gasteiger partial charge in [0.15, 0.2) is 0 Å². The topological polar surface area (TPSA) is 83.6 Å². The zero-order chi connectivity index (χ0) is 19.8. The zero-order valence-corrected chi connectivity index (χ0v) is 16.7. The summed E-state index contributed by atoms with van der Waals surface area (Å²) in [7, 11) is -7.25. The second kappa shape index (κ2) is 7.12. The van der Waals surface area contributed by atoms with Gasteiger partial charge in [-0.2, -0.15) is 0 Å².